The molecule has 0 radical (unpaired) electrons. The molecule has 0 aliphatic carbocycles. The zero-order chi connectivity index (χ0) is 26.4. The number of aryl methyl sites for hydroxylation is 3. The predicted molar refractivity (Wildman–Crippen MR) is 138 cm³/mol. The number of halogens is 4. The highest BCUT2D eigenvalue weighted by molar-refractivity contribution is 5.89. The van der Waals surface area contributed by atoms with Crippen LogP contribution in [0.5, 0.6) is 11.5 Å². The van der Waals surface area contributed by atoms with Gasteiger partial charge in [0.15, 0.2) is 0 Å². The molecule has 0 fully saturated rings. The Bertz CT molecular complexity index is 1630. The molecule has 5 aromatic carbocycles. The molecule has 37 heavy (non-hydrogen) atoms. The summed E-state index contributed by atoms with van der Waals surface area (Å²) in [6.07, 6.45) is -7.29. The van der Waals surface area contributed by atoms with Gasteiger partial charge in [0.1, 0.15) is 11.5 Å². The predicted octanol–water partition coefficient (Wildman–Crippen LogP) is 9.17. The molecular weight excluding hydrogens is 480 g/mol. The van der Waals surface area contributed by atoms with Crippen molar-refractivity contribution >= 4 is 21.5 Å². The average Bonchev–Trinajstić information content (AvgIpc) is 2.86. The lowest BCUT2D eigenvalue weighted by Gasteiger charge is -2.23. The van der Waals surface area contributed by atoms with Crippen molar-refractivity contribution in [2.75, 3.05) is 0 Å². The molecule has 0 aliphatic heterocycles. The van der Waals surface area contributed by atoms with Gasteiger partial charge < -0.3 is 9.47 Å². The number of benzene rings is 5. The summed E-state index contributed by atoms with van der Waals surface area (Å²) in [7, 11) is 0. The molecule has 0 bridgehead atoms. The van der Waals surface area contributed by atoms with Gasteiger partial charge in [0.05, 0.1) is 11.1 Å². The number of hydrogen-bond donors (Lipinski definition) is 0. The highest BCUT2D eigenvalue weighted by Gasteiger charge is 2.38. The molecule has 0 saturated heterocycles. The lowest BCUT2D eigenvalue weighted by Crippen LogP contribution is -2.23. The van der Waals surface area contributed by atoms with Gasteiger partial charge in [-0.25, -0.2) is 0 Å². The van der Waals surface area contributed by atoms with Crippen LogP contribution in [-0.4, -0.2) is 0 Å². The van der Waals surface area contributed by atoms with Crippen LogP contribution in [-0.2, 0) is 12.2 Å². The Kier molecular flexibility index (Phi) is 6.06. The van der Waals surface area contributed by atoms with Crippen LogP contribution >= 0.6 is 0 Å². The van der Waals surface area contributed by atoms with Gasteiger partial charge in [-0.05, 0) is 89.3 Å². The third-order valence-corrected chi connectivity index (χ3v) is 6.54. The second kappa shape index (κ2) is 9.11. The molecule has 188 valence electrons. The lowest BCUT2D eigenvalue weighted by atomic mass is 9.99. The fraction of sp³-hybridized carbons (Fsp3) is 0.161. The van der Waals surface area contributed by atoms with Crippen LogP contribution in [0.3, 0.4) is 0 Å². The van der Waals surface area contributed by atoms with Crippen molar-refractivity contribution in [1.29, 1.82) is 0 Å². The fourth-order valence-corrected chi connectivity index (χ4v) is 4.60. The Morgan fingerprint density at radius 2 is 0.946 bits per heavy atom. The van der Waals surface area contributed by atoms with Gasteiger partial charge >= 0.3 is 12.2 Å². The van der Waals surface area contributed by atoms with Crippen LogP contribution in [0.25, 0.3) is 21.5 Å². The van der Waals surface area contributed by atoms with Crippen molar-refractivity contribution in [3.8, 4) is 11.5 Å². The van der Waals surface area contributed by atoms with E-state index in [2.05, 4.69) is 0 Å². The molecule has 0 unspecified atom stereocenters. The average molecular weight is 505 g/mol. The van der Waals surface area contributed by atoms with Crippen LogP contribution in [0.15, 0.2) is 91.0 Å². The lowest BCUT2D eigenvalue weighted by molar-refractivity contribution is -0.187. The van der Waals surface area contributed by atoms with E-state index in [0.29, 0.717) is 21.5 Å². The molecule has 0 heterocycles. The maximum absolute atomic E-state index is 15.3. The van der Waals surface area contributed by atoms with Crippen molar-refractivity contribution in [1.82, 2.24) is 0 Å². The van der Waals surface area contributed by atoms with Gasteiger partial charge in [-0.3, -0.25) is 0 Å². The fourth-order valence-electron chi connectivity index (χ4n) is 4.60. The molecular formula is C31H24F4O2. The topological polar surface area (TPSA) is 18.5 Å². The van der Waals surface area contributed by atoms with E-state index in [1.807, 2.05) is 13.8 Å². The Morgan fingerprint density at radius 1 is 0.486 bits per heavy atom. The standard InChI is InChI=1S/C31H24F4O2/c1-19-12-15-27(25-10-6-4-8-23(19)25)30(32,33)36-22-14-17-29(21(3)18-22)37-31(34,35)28-16-13-20(2)24-9-5-7-11-26(24)28/h4-18H,1-3H3. The third kappa shape index (κ3) is 4.59. The molecule has 2 nitrogen and oxygen atoms in total. The third-order valence-electron chi connectivity index (χ3n) is 6.54. The summed E-state index contributed by atoms with van der Waals surface area (Å²) in [5.74, 6) is -0.297. The first kappa shape index (κ1) is 24.6. The van der Waals surface area contributed by atoms with E-state index in [1.165, 1.54) is 37.3 Å². The summed E-state index contributed by atoms with van der Waals surface area (Å²) in [5.41, 5.74) is 1.43. The molecule has 5 rings (SSSR count). The Morgan fingerprint density at radius 3 is 1.43 bits per heavy atom. The highest BCUT2D eigenvalue weighted by Crippen LogP contribution is 2.40. The van der Waals surface area contributed by atoms with Gasteiger partial charge in [-0.1, -0.05) is 60.7 Å². The van der Waals surface area contributed by atoms with Crippen molar-refractivity contribution in [3.63, 3.8) is 0 Å². The maximum atomic E-state index is 15.3. The van der Waals surface area contributed by atoms with Crippen molar-refractivity contribution in [2.45, 2.75) is 33.0 Å². The molecule has 6 heteroatoms. The van der Waals surface area contributed by atoms with Crippen molar-refractivity contribution in [2.24, 2.45) is 0 Å². The minimum absolute atomic E-state index is 0.133. The molecule has 0 aliphatic rings. The molecule has 0 spiro atoms. The summed E-state index contributed by atoms with van der Waals surface area (Å²) in [4.78, 5) is 0. The Hall–Kier alpha value is -4.06. The zero-order valence-electron chi connectivity index (χ0n) is 20.5. The largest absolute Gasteiger partial charge is 0.429 e. The second-order valence-corrected chi connectivity index (χ2v) is 9.12. The summed E-state index contributed by atoms with van der Waals surface area (Å²) in [6.45, 7) is 5.20. The van der Waals surface area contributed by atoms with E-state index >= 15 is 17.6 Å². The van der Waals surface area contributed by atoms with Gasteiger partial charge in [-0.15, -0.1) is 0 Å². The van der Waals surface area contributed by atoms with Crippen LogP contribution in [0, 0.1) is 20.8 Å². The zero-order valence-corrected chi connectivity index (χ0v) is 20.5. The van der Waals surface area contributed by atoms with Crippen LogP contribution < -0.4 is 9.47 Å². The number of fused-ring (bicyclic) bond motifs is 2. The minimum atomic E-state index is -3.65. The number of rotatable bonds is 6. The smallest absolute Gasteiger partial charge is 0.427 e. The first-order valence-corrected chi connectivity index (χ1v) is 11.8. The van der Waals surface area contributed by atoms with Gasteiger partial charge in [0.25, 0.3) is 0 Å². The quantitative estimate of drug-likeness (QED) is 0.215. The van der Waals surface area contributed by atoms with E-state index < -0.39 is 12.2 Å². The van der Waals surface area contributed by atoms with E-state index in [1.54, 1.807) is 60.7 Å². The Labute approximate surface area is 212 Å². The molecule has 5 aromatic rings. The van der Waals surface area contributed by atoms with Crippen LogP contribution in [0.1, 0.15) is 27.8 Å². The molecule has 0 atom stereocenters. The first-order valence-electron chi connectivity index (χ1n) is 11.8. The van der Waals surface area contributed by atoms with E-state index in [9.17, 15) is 0 Å². The van der Waals surface area contributed by atoms with Crippen molar-refractivity contribution < 1.29 is 27.0 Å². The normalized spacial score (nSPS) is 12.2. The van der Waals surface area contributed by atoms with E-state index in [0.717, 1.165) is 11.1 Å². The molecule has 0 amide bonds. The number of ether oxygens (including phenoxy) is 2. The summed E-state index contributed by atoms with van der Waals surface area (Å²) >= 11 is 0. The molecule has 0 N–H and O–H groups in total. The monoisotopic (exact) mass is 504 g/mol. The van der Waals surface area contributed by atoms with Gasteiger partial charge in [0.2, 0.25) is 0 Å². The van der Waals surface area contributed by atoms with Crippen LogP contribution in [0.4, 0.5) is 17.6 Å². The van der Waals surface area contributed by atoms with Crippen molar-refractivity contribution in [3.05, 3.63) is 119 Å². The maximum Gasteiger partial charge on any atom is 0.427 e. The van der Waals surface area contributed by atoms with Crippen LogP contribution in [0.2, 0.25) is 0 Å². The highest BCUT2D eigenvalue weighted by atomic mass is 19.3. The summed E-state index contributed by atoms with van der Waals surface area (Å²) in [5, 5.41) is 2.17. The Balaban J connectivity index is 1.43. The van der Waals surface area contributed by atoms with Gasteiger partial charge in [-0.2, -0.15) is 17.6 Å². The molecule has 0 aromatic heterocycles. The minimum Gasteiger partial charge on any atom is -0.429 e. The van der Waals surface area contributed by atoms with E-state index in [-0.39, 0.29) is 28.2 Å². The molecule has 0 saturated carbocycles. The van der Waals surface area contributed by atoms with E-state index in [4.69, 9.17) is 9.47 Å². The first-order chi connectivity index (χ1) is 17.6. The number of hydrogen-bond acceptors (Lipinski definition) is 2. The van der Waals surface area contributed by atoms with Gasteiger partial charge in [0, 0.05) is 0 Å². The summed E-state index contributed by atoms with van der Waals surface area (Å²) in [6, 6.07) is 23.4. The summed E-state index contributed by atoms with van der Waals surface area (Å²) < 4.78 is 71.3. The second-order valence-electron chi connectivity index (χ2n) is 9.12. The SMILES string of the molecule is Cc1cc(OC(F)(F)c2ccc(C)c3ccccc23)ccc1OC(F)(F)c1ccc(C)c2ccccc12. The number of alkyl halides is 4.